The summed E-state index contributed by atoms with van der Waals surface area (Å²) in [4.78, 5) is 21.4. The summed E-state index contributed by atoms with van der Waals surface area (Å²) in [5, 5.41) is 0. The third-order valence-electron chi connectivity index (χ3n) is 3.14. The van der Waals surface area contributed by atoms with Crippen molar-refractivity contribution in [2.45, 2.75) is 39.7 Å². The van der Waals surface area contributed by atoms with Crippen LogP contribution in [-0.4, -0.2) is 18.7 Å². The van der Waals surface area contributed by atoms with Crippen LogP contribution in [-0.2, 0) is 14.5 Å². The van der Waals surface area contributed by atoms with Crippen LogP contribution in [0.25, 0.3) is 0 Å². The van der Waals surface area contributed by atoms with Gasteiger partial charge >= 0.3 is 5.97 Å². The molecule has 0 aromatic heterocycles. The molecule has 0 amide bonds. The number of carbonyl (C=O) groups is 1. The van der Waals surface area contributed by atoms with Gasteiger partial charge in [-0.1, -0.05) is 12.1 Å². The highest BCUT2D eigenvalue weighted by Gasteiger charge is 2.18. The lowest BCUT2D eigenvalue weighted by Gasteiger charge is -2.21. The van der Waals surface area contributed by atoms with Gasteiger partial charge in [-0.3, -0.25) is 4.89 Å². The number of methoxy groups -OCH3 is 1. The maximum atomic E-state index is 11.8. The van der Waals surface area contributed by atoms with Crippen LogP contribution >= 0.6 is 0 Å². The summed E-state index contributed by atoms with van der Waals surface area (Å²) < 4.78 is 5.21. The Labute approximate surface area is 114 Å². The highest BCUT2D eigenvalue weighted by atomic mass is 17.2. The van der Waals surface area contributed by atoms with E-state index < -0.39 is 5.97 Å². The number of rotatable bonds is 6. The number of ether oxygens (including phenoxy) is 1. The van der Waals surface area contributed by atoms with E-state index in [9.17, 15) is 4.79 Å². The predicted molar refractivity (Wildman–Crippen MR) is 72.4 cm³/mol. The van der Waals surface area contributed by atoms with Gasteiger partial charge in [0, 0.05) is 13.5 Å². The summed E-state index contributed by atoms with van der Waals surface area (Å²) in [5.41, 5.74) is 2.11. The standard InChI is InChI=1S/C15H21O4/c1-11-7-6-8-13(12(11)2)14(16)19-18-10-9-15(3,4)17-5/h6-8,10H,9H2,1-5H3. The first-order valence-electron chi connectivity index (χ1n) is 6.18. The first-order chi connectivity index (χ1) is 8.87. The van der Waals surface area contributed by atoms with E-state index in [-0.39, 0.29) is 5.60 Å². The molecule has 105 valence electrons. The van der Waals surface area contributed by atoms with Crippen LogP contribution in [0.5, 0.6) is 0 Å². The van der Waals surface area contributed by atoms with Crippen molar-refractivity contribution in [2.24, 2.45) is 0 Å². The fourth-order valence-corrected chi connectivity index (χ4v) is 1.41. The minimum atomic E-state index is -0.493. The molecule has 0 atom stereocenters. The molecule has 0 N–H and O–H groups in total. The lowest BCUT2D eigenvalue weighted by atomic mass is 10.0. The van der Waals surface area contributed by atoms with Gasteiger partial charge in [0.25, 0.3) is 0 Å². The molecule has 4 nitrogen and oxygen atoms in total. The maximum absolute atomic E-state index is 11.8. The van der Waals surface area contributed by atoms with Crippen molar-refractivity contribution in [3.63, 3.8) is 0 Å². The molecular weight excluding hydrogens is 244 g/mol. The highest BCUT2D eigenvalue weighted by molar-refractivity contribution is 5.90. The summed E-state index contributed by atoms with van der Waals surface area (Å²) in [6.07, 6.45) is 0.517. The van der Waals surface area contributed by atoms with Crippen molar-refractivity contribution in [2.75, 3.05) is 7.11 Å². The smallest absolute Gasteiger partial charge is 0.373 e. The highest BCUT2D eigenvalue weighted by Crippen LogP contribution is 2.17. The summed E-state index contributed by atoms with van der Waals surface area (Å²) >= 11 is 0. The average Bonchev–Trinajstić information content (AvgIpc) is 2.37. The number of hydrogen-bond acceptors (Lipinski definition) is 4. The minimum Gasteiger partial charge on any atom is -0.379 e. The molecule has 4 heteroatoms. The third-order valence-corrected chi connectivity index (χ3v) is 3.14. The molecule has 0 unspecified atom stereocenters. The summed E-state index contributed by atoms with van der Waals surface area (Å²) in [6, 6.07) is 5.48. The van der Waals surface area contributed by atoms with Crippen molar-refractivity contribution < 1.29 is 19.3 Å². The second-order valence-electron chi connectivity index (χ2n) is 5.05. The van der Waals surface area contributed by atoms with Gasteiger partial charge in [0.15, 0.2) is 0 Å². The summed E-state index contributed by atoms with van der Waals surface area (Å²) in [6.45, 7) is 9.08. The van der Waals surface area contributed by atoms with Gasteiger partial charge in [-0.2, -0.15) is 4.89 Å². The Bertz CT molecular complexity index is 438. The van der Waals surface area contributed by atoms with Gasteiger partial charge in [-0.15, -0.1) is 0 Å². The van der Waals surface area contributed by atoms with Crippen molar-refractivity contribution in [1.29, 1.82) is 0 Å². The van der Waals surface area contributed by atoms with E-state index in [4.69, 9.17) is 14.5 Å². The molecule has 0 fully saturated rings. The molecule has 1 rings (SSSR count). The molecule has 0 saturated heterocycles. The number of carbonyl (C=O) groups excluding carboxylic acids is 1. The Balaban J connectivity index is 2.46. The molecule has 1 radical (unpaired) electrons. The van der Waals surface area contributed by atoms with Crippen LogP contribution in [0, 0.1) is 20.5 Å². The third kappa shape index (κ3) is 4.65. The lowest BCUT2D eigenvalue weighted by Crippen LogP contribution is -2.23. The Morgan fingerprint density at radius 2 is 2.00 bits per heavy atom. The van der Waals surface area contributed by atoms with Crippen LogP contribution in [0.15, 0.2) is 18.2 Å². The number of benzene rings is 1. The lowest BCUT2D eigenvalue weighted by molar-refractivity contribution is -0.218. The van der Waals surface area contributed by atoms with Gasteiger partial charge in [0.05, 0.1) is 11.2 Å². The summed E-state index contributed by atoms with van der Waals surface area (Å²) in [7, 11) is 1.62. The van der Waals surface area contributed by atoms with Crippen LogP contribution in [0.1, 0.15) is 41.8 Å². The predicted octanol–water partition coefficient (Wildman–Crippen LogP) is 3.37. The van der Waals surface area contributed by atoms with E-state index in [1.54, 1.807) is 13.2 Å². The molecule has 0 aliphatic rings. The van der Waals surface area contributed by atoms with Gasteiger partial charge in [0.1, 0.15) is 6.61 Å². The first-order valence-corrected chi connectivity index (χ1v) is 6.18. The summed E-state index contributed by atoms with van der Waals surface area (Å²) in [5.74, 6) is -0.493. The topological polar surface area (TPSA) is 44.8 Å². The average molecular weight is 265 g/mol. The normalized spacial score (nSPS) is 11.4. The Kier molecular flexibility index (Phi) is 5.51. The van der Waals surface area contributed by atoms with Crippen LogP contribution in [0.2, 0.25) is 0 Å². The molecule has 0 saturated carbocycles. The molecule has 19 heavy (non-hydrogen) atoms. The molecule has 0 aliphatic heterocycles. The van der Waals surface area contributed by atoms with Crippen LogP contribution in [0.3, 0.4) is 0 Å². The first kappa shape index (κ1) is 15.7. The number of hydrogen-bond donors (Lipinski definition) is 0. The van der Waals surface area contributed by atoms with Gasteiger partial charge < -0.3 is 4.74 Å². The Morgan fingerprint density at radius 3 is 2.63 bits per heavy atom. The van der Waals surface area contributed by atoms with E-state index in [0.717, 1.165) is 11.1 Å². The Morgan fingerprint density at radius 1 is 1.32 bits per heavy atom. The molecule has 0 spiro atoms. The zero-order valence-corrected chi connectivity index (χ0v) is 12.1. The van der Waals surface area contributed by atoms with Crippen LogP contribution < -0.4 is 0 Å². The van der Waals surface area contributed by atoms with Crippen molar-refractivity contribution in [3.8, 4) is 0 Å². The van der Waals surface area contributed by atoms with Gasteiger partial charge in [0.2, 0.25) is 0 Å². The largest absolute Gasteiger partial charge is 0.379 e. The van der Waals surface area contributed by atoms with E-state index in [1.807, 2.05) is 39.8 Å². The van der Waals surface area contributed by atoms with E-state index in [1.165, 1.54) is 6.61 Å². The van der Waals surface area contributed by atoms with Gasteiger partial charge in [-0.05, 0) is 44.9 Å². The second kappa shape index (κ2) is 6.68. The van der Waals surface area contributed by atoms with Crippen molar-refractivity contribution in [3.05, 3.63) is 41.5 Å². The molecule has 0 aliphatic carbocycles. The zero-order valence-electron chi connectivity index (χ0n) is 12.1. The Hall–Kier alpha value is -1.39. The van der Waals surface area contributed by atoms with Crippen molar-refractivity contribution in [1.82, 2.24) is 0 Å². The minimum absolute atomic E-state index is 0.342. The monoisotopic (exact) mass is 265 g/mol. The van der Waals surface area contributed by atoms with E-state index in [0.29, 0.717) is 12.0 Å². The zero-order chi connectivity index (χ0) is 14.5. The fraction of sp³-hybridized carbons (Fsp3) is 0.467. The molecule has 1 aromatic rings. The number of aryl methyl sites for hydroxylation is 1. The van der Waals surface area contributed by atoms with E-state index >= 15 is 0 Å². The van der Waals surface area contributed by atoms with Crippen LogP contribution in [0.4, 0.5) is 0 Å². The fourth-order valence-electron chi connectivity index (χ4n) is 1.41. The van der Waals surface area contributed by atoms with E-state index in [2.05, 4.69) is 0 Å². The second-order valence-corrected chi connectivity index (χ2v) is 5.05. The molecule has 0 heterocycles. The SMILES string of the molecule is COC(C)(C)C[CH]OOC(=O)c1cccc(C)c1C. The molecular formula is C15H21O4. The van der Waals surface area contributed by atoms with Crippen molar-refractivity contribution >= 4 is 5.97 Å². The van der Waals surface area contributed by atoms with Gasteiger partial charge in [-0.25, -0.2) is 4.79 Å². The maximum Gasteiger partial charge on any atom is 0.373 e. The quantitative estimate of drug-likeness (QED) is 0.449. The molecule has 0 bridgehead atoms. The molecule has 1 aromatic carbocycles.